The van der Waals surface area contributed by atoms with E-state index in [-0.39, 0.29) is 0 Å². The summed E-state index contributed by atoms with van der Waals surface area (Å²) in [5.41, 5.74) is 4.28. The minimum atomic E-state index is 0.558. The van der Waals surface area contributed by atoms with Gasteiger partial charge in [-0.25, -0.2) is 0 Å². The highest BCUT2D eigenvalue weighted by molar-refractivity contribution is 9.09. The second-order valence-corrected chi connectivity index (χ2v) is 5.97. The van der Waals surface area contributed by atoms with Gasteiger partial charge >= 0.3 is 0 Å². The fourth-order valence-electron chi connectivity index (χ4n) is 2.25. The molecule has 0 aromatic heterocycles. The molecule has 1 heteroatoms. The maximum absolute atomic E-state index is 3.85. The molecule has 1 atom stereocenters. The summed E-state index contributed by atoms with van der Waals surface area (Å²) in [7, 11) is 0. The number of hydrogen-bond donors (Lipinski definition) is 0. The number of halogens is 1. The first-order chi connectivity index (χ1) is 7.16. The summed E-state index contributed by atoms with van der Waals surface area (Å²) in [6.07, 6.45) is 5.63. The lowest BCUT2D eigenvalue weighted by molar-refractivity contribution is 0.295. The quantitative estimate of drug-likeness (QED) is 0.681. The number of alkyl halides is 1. The van der Waals surface area contributed by atoms with Crippen LogP contribution in [0.5, 0.6) is 0 Å². The van der Waals surface area contributed by atoms with Crippen LogP contribution < -0.4 is 0 Å². The van der Waals surface area contributed by atoms with Crippen LogP contribution in [-0.2, 0) is 0 Å². The van der Waals surface area contributed by atoms with Crippen LogP contribution in [0.2, 0.25) is 0 Å². The second-order valence-electron chi connectivity index (χ2n) is 4.86. The number of hydrogen-bond acceptors (Lipinski definition) is 0. The third-order valence-corrected chi connectivity index (χ3v) is 4.40. The zero-order valence-corrected chi connectivity index (χ0v) is 11.2. The van der Waals surface area contributed by atoms with Gasteiger partial charge in [0.15, 0.2) is 0 Å². The Balaban J connectivity index is 2.09. The number of rotatable bonds is 3. The van der Waals surface area contributed by atoms with Crippen LogP contribution in [0.3, 0.4) is 0 Å². The lowest BCUT2D eigenvalue weighted by Gasteiger charge is -2.28. The average Bonchev–Trinajstić information content (AvgIpc) is 2.15. The van der Waals surface area contributed by atoms with Gasteiger partial charge in [0.05, 0.1) is 0 Å². The zero-order chi connectivity index (χ0) is 10.8. The van der Waals surface area contributed by atoms with Gasteiger partial charge in [0.1, 0.15) is 0 Å². The molecule has 15 heavy (non-hydrogen) atoms. The molecule has 0 aliphatic heterocycles. The summed E-state index contributed by atoms with van der Waals surface area (Å²) in [5, 5.41) is 0. The highest BCUT2D eigenvalue weighted by Crippen LogP contribution is 2.39. The van der Waals surface area contributed by atoms with E-state index in [1.807, 2.05) is 0 Å². The maximum atomic E-state index is 3.85. The van der Waals surface area contributed by atoms with E-state index in [9.17, 15) is 0 Å². The van der Waals surface area contributed by atoms with Crippen molar-refractivity contribution in [1.29, 1.82) is 0 Å². The first-order valence-corrected chi connectivity index (χ1v) is 6.79. The van der Waals surface area contributed by atoms with Crippen molar-refractivity contribution in [2.45, 2.75) is 44.4 Å². The molecule has 82 valence electrons. The van der Waals surface area contributed by atoms with Crippen molar-refractivity contribution in [3.05, 3.63) is 34.9 Å². The van der Waals surface area contributed by atoms with Crippen LogP contribution in [-0.4, -0.2) is 0 Å². The van der Waals surface area contributed by atoms with E-state index in [0.29, 0.717) is 4.83 Å². The van der Waals surface area contributed by atoms with Crippen LogP contribution in [0.15, 0.2) is 18.2 Å². The summed E-state index contributed by atoms with van der Waals surface area (Å²) in [5.74, 6) is 0.967. The number of aryl methyl sites for hydroxylation is 2. The second kappa shape index (κ2) is 4.69. The molecule has 1 unspecified atom stereocenters. The van der Waals surface area contributed by atoms with Crippen molar-refractivity contribution in [3.63, 3.8) is 0 Å². The van der Waals surface area contributed by atoms with Crippen molar-refractivity contribution in [1.82, 2.24) is 0 Å². The van der Waals surface area contributed by atoms with Crippen LogP contribution in [0.25, 0.3) is 0 Å². The van der Waals surface area contributed by atoms with Crippen molar-refractivity contribution in [3.8, 4) is 0 Å². The van der Waals surface area contributed by atoms with E-state index in [2.05, 4.69) is 48.0 Å². The van der Waals surface area contributed by atoms with Gasteiger partial charge in [0, 0.05) is 4.83 Å². The molecule has 0 N–H and O–H groups in total. The summed E-state index contributed by atoms with van der Waals surface area (Å²) in [4.78, 5) is 0.558. The standard InChI is InChI=1S/C14H19Br/c1-10-6-7-11(2)13(8-10)14(15)9-12-4-3-5-12/h6-8,12,14H,3-5,9H2,1-2H3. The predicted molar refractivity (Wildman–Crippen MR) is 69.5 cm³/mol. The highest BCUT2D eigenvalue weighted by Gasteiger charge is 2.22. The summed E-state index contributed by atoms with van der Waals surface area (Å²) < 4.78 is 0. The zero-order valence-electron chi connectivity index (χ0n) is 9.59. The van der Waals surface area contributed by atoms with Gasteiger partial charge in [-0.1, -0.05) is 59.0 Å². The molecule has 0 saturated heterocycles. The van der Waals surface area contributed by atoms with E-state index in [4.69, 9.17) is 0 Å². The third kappa shape index (κ3) is 2.63. The molecule has 1 fully saturated rings. The molecule has 1 aromatic carbocycles. The van der Waals surface area contributed by atoms with Crippen LogP contribution in [0.4, 0.5) is 0 Å². The first-order valence-electron chi connectivity index (χ1n) is 5.88. The monoisotopic (exact) mass is 266 g/mol. The topological polar surface area (TPSA) is 0 Å². The van der Waals surface area contributed by atoms with E-state index >= 15 is 0 Å². The molecule has 0 amide bonds. The Morgan fingerprint density at radius 3 is 2.67 bits per heavy atom. The Hall–Kier alpha value is -0.300. The maximum Gasteiger partial charge on any atom is 0.0400 e. The SMILES string of the molecule is Cc1ccc(C)c(C(Br)CC2CCC2)c1. The Bertz CT molecular complexity index is 339. The van der Waals surface area contributed by atoms with Crippen LogP contribution >= 0.6 is 15.9 Å². The fraction of sp³-hybridized carbons (Fsp3) is 0.571. The van der Waals surface area contributed by atoms with Crippen molar-refractivity contribution >= 4 is 15.9 Å². The number of benzene rings is 1. The van der Waals surface area contributed by atoms with Crippen LogP contribution in [0.1, 0.15) is 47.2 Å². The van der Waals surface area contributed by atoms with Gasteiger partial charge in [0.25, 0.3) is 0 Å². The molecule has 0 heterocycles. The normalized spacial score (nSPS) is 18.6. The largest absolute Gasteiger partial charge is 0.0839 e. The molecule has 2 rings (SSSR count). The first kappa shape index (κ1) is 11.2. The van der Waals surface area contributed by atoms with E-state index in [1.165, 1.54) is 42.4 Å². The average molecular weight is 267 g/mol. The van der Waals surface area contributed by atoms with E-state index in [1.54, 1.807) is 0 Å². The van der Waals surface area contributed by atoms with Gasteiger partial charge < -0.3 is 0 Å². The van der Waals surface area contributed by atoms with Gasteiger partial charge in [-0.2, -0.15) is 0 Å². The summed E-state index contributed by atoms with van der Waals surface area (Å²) in [6.45, 7) is 4.38. The minimum Gasteiger partial charge on any atom is -0.0839 e. The molecule has 0 bridgehead atoms. The molecule has 1 aliphatic carbocycles. The van der Waals surface area contributed by atoms with Gasteiger partial charge in [-0.05, 0) is 37.3 Å². The lowest BCUT2D eigenvalue weighted by Crippen LogP contribution is -2.13. The Morgan fingerprint density at radius 1 is 1.33 bits per heavy atom. The van der Waals surface area contributed by atoms with Crippen molar-refractivity contribution in [2.24, 2.45) is 5.92 Å². The van der Waals surface area contributed by atoms with Crippen LogP contribution in [0, 0.1) is 19.8 Å². The fourth-order valence-corrected chi connectivity index (χ4v) is 3.27. The smallest absolute Gasteiger partial charge is 0.0400 e. The molecule has 1 aliphatic rings. The van der Waals surface area contributed by atoms with E-state index < -0.39 is 0 Å². The minimum absolute atomic E-state index is 0.558. The summed E-state index contributed by atoms with van der Waals surface area (Å²) in [6, 6.07) is 6.76. The predicted octanol–water partition coefficient (Wildman–Crippen LogP) is 4.93. The van der Waals surface area contributed by atoms with Crippen molar-refractivity contribution < 1.29 is 0 Å². The molecule has 1 aromatic rings. The Kier molecular flexibility index (Phi) is 3.50. The molecule has 1 saturated carbocycles. The van der Waals surface area contributed by atoms with E-state index in [0.717, 1.165) is 5.92 Å². The van der Waals surface area contributed by atoms with Crippen molar-refractivity contribution in [2.75, 3.05) is 0 Å². The molecule has 0 spiro atoms. The molecule has 0 nitrogen and oxygen atoms in total. The van der Waals surface area contributed by atoms with Gasteiger partial charge in [-0.3, -0.25) is 0 Å². The Morgan fingerprint density at radius 2 is 2.07 bits per heavy atom. The summed E-state index contributed by atoms with van der Waals surface area (Å²) >= 11 is 3.85. The molecule has 0 radical (unpaired) electrons. The van der Waals surface area contributed by atoms with Gasteiger partial charge in [0.2, 0.25) is 0 Å². The molecular weight excluding hydrogens is 248 g/mol. The third-order valence-electron chi connectivity index (χ3n) is 3.54. The van der Waals surface area contributed by atoms with Gasteiger partial charge in [-0.15, -0.1) is 0 Å². The lowest BCUT2D eigenvalue weighted by atomic mass is 9.81. The Labute approximate surface area is 101 Å². The molecular formula is C14H19Br. The highest BCUT2D eigenvalue weighted by atomic mass is 79.9.